The topological polar surface area (TPSA) is 97.8 Å². The van der Waals surface area contributed by atoms with Crippen molar-refractivity contribution in [2.75, 3.05) is 53.1 Å². The Morgan fingerprint density at radius 3 is 2.54 bits per heavy atom. The van der Waals surface area contributed by atoms with Crippen molar-refractivity contribution in [3.05, 3.63) is 71.3 Å². The van der Waals surface area contributed by atoms with Crippen molar-refractivity contribution in [2.24, 2.45) is 0 Å². The van der Waals surface area contributed by atoms with Gasteiger partial charge in [0.05, 0.1) is 38.0 Å². The van der Waals surface area contributed by atoms with Crippen LogP contribution in [0.3, 0.4) is 0 Å². The third-order valence-electron chi connectivity index (χ3n) is 7.20. The van der Waals surface area contributed by atoms with Gasteiger partial charge >= 0.3 is 0 Å². The summed E-state index contributed by atoms with van der Waals surface area (Å²) in [5.74, 6) is 0.0536. The second kappa shape index (κ2) is 13.7. The molecule has 0 radical (unpaired) electrons. The molecule has 0 aromatic heterocycles. The molecule has 41 heavy (non-hydrogen) atoms. The van der Waals surface area contributed by atoms with E-state index in [2.05, 4.69) is 11.5 Å². The molecule has 9 nitrogen and oxygen atoms in total. The normalized spacial score (nSPS) is 19.0. The first kappa shape index (κ1) is 30.1. The van der Waals surface area contributed by atoms with Gasteiger partial charge in [-0.3, -0.25) is 14.5 Å². The fourth-order valence-electron chi connectivity index (χ4n) is 5.26. The minimum Gasteiger partial charge on any atom is -0.507 e. The smallest absolute Gasteiger partial charge is 0.295 e. The number of amides is 1. The zero-order valence-electron chi connectivity index (χ0n) is 24.4. The van der Waals surface area contributed by atoms with E-state index in [4.69, 9.17) is 18.9 Å². The number of hydrogen-bond donors (Lipinski definition) is 1. The zero-order valence-corrected chi connectivity index (χ0v) is 24.4. The molecule has 2 aromatic rings. The van der Waals surface area contributed by atoms with Crippen molar-refractivity contribution in [2.45, 2.75) is 39.3 Å². The number of nitrogens with zero attached hydrogens (tertiary/aromatic N) is 2. The monoisotopic (exact) mass is 564 g/mol. The number of ketones is 1. The maximum atomic E-state index is 13.5. The molecule has 9 heteroatoms. The van der Waals surface area contributed by atoms with Crippen LogP contribution in [0.4, 0.5) is 0 Å². The summed E-state index contributed by atoms with van der Waals surface area (Å²) < 4.78 is 22.5. The summed E-state index contributed by atoms with van der Waals surface area (Å²) in [4.78, 5) is 30.8. The summed E-state index contributed by atoms with van der Waals surface area (Å²) in [7, 11) is 1.53. The van der Waals surface area contributed by atoms with Gasteiger partial charge in [0.2, 0.25) is 0 Å². The van der Waals surface area contributed by atoms with Crippen molar-refractivity contribution in [1.29, 1.82) is 0 Å². The van der Waals surface area contributed by atoms with E-state index in [9.17, 15) is 14.7 Å². The highest BCUT2D eigenvalue weighted by atomic mass is 16.5. The number of benzene rings is 2. The van der Waals surface area contributed by atoms with Crippen LogP contribution >= 0.6 is 0 Å². The van der Waals surface area contributed by atoms with Crippen LogP contribution < -0.4 is 14.2 Å². The van der Waals surface area contributed by atoms with Crippen LogP contribution in [0.15, 0.2) is 54.6 Å². The van der Waals surface area contributed by atoms with Gasteiger partial charge in [-0.05, 0) is 68.7 Å². The van der Waals surface area contributed by atoms with Crippen LogP contribution in [0.25, 0.3) is 5.76 Å². The van der Waals surface area contributed by atoms with Crippen molar-refractivity contribution < 1.29 is 33.6 Å². The molecule has 2 saturated heterocycles. The first-order valence-corrected chi connectivity index (χ1v) is 14.0. The highest BCUT2D eigenvalue weighted by molar-refractivity contribution is 6.46. The van der Waals surface area contributed by atoms with E-state index in [0.717, 1.165) is 25.2 Å². The quantitative estimate of drug-likeness (QED) is 0.174. The molecular formula is C32H40N2O7. The van der Waals surface area contributed by atoms with Crippen molar-refractivity contribution in [3.8, 4) is 17.2 Å². The Morgan fingerprint density at radius 2 is 1.88 bits per heavy atom. The Morgan fingerprint density at radius 1 is 1.12 bits per heavy atom. The number of hydrogen-bond acceptors (Lipinski definition) is 8. The molecule has 2 aliphatic rings. The lowest BCUT2D eigenvalue weighted by atomic mass is 9.93. The van der Waals surface area contributed by atoms with Gasteiger partial charge in [-0.15, -0.1) is 0 Å². The molecule has 1 amide bonds. The van der Waals surface area contributed by atoms with E-state index in [1.807, 2.05) is 26.8 Å². The predicted molar refractivity (Wildman–Crippen MR) is 157 cm³/mol. The number of rotatable bonds is 12. The van der Waals surface area contributed by atoms with Crippen LogP contribution in [-0.2, 0) is 14.3 Å². The van der Waals surface area contributed by atoms with E-state index in [-0.39, 0.29) is 17.4 Å². The highest BCUT2D eigenvalue weighted by Crippen LogP contribution is 2.42. The third kappa shape index (κ3) is 6.92. The summed E-state index contributed by atoms with van der Waals surface area (Å²) in [6, 6.07) is 9.79. The third-order valence-corrected chi connectivity index (χ3v) is 7.20. The van der Waals surface area contributed by atoms with Gasteiger partial charge in [-0.2, -0.15) is 0 Å². The number of aryl methyl sites for hydroxylation is 1. The summed E-state index contributed by atoms with van der Waals surface area (Å²) in [5, 5.41) is 11.6. The molecule has 2 fully saturated rings. The second-order valence-corrected chi connectivity index (χ2v) is 10.5. The predicted octanol–water partition coefficient (Wildman–Crippen LogP) is 4.50. The van der Waals surface area contributed by atoms with Crippen molar-refractivity contribution in [3.63, 3.8) is 0 Å². The molecule has 0 spiro atoms. The van der Waals surface area contributed by atoms with E-state index >= 15 is 0 Å². The molecule has 0 bridgehead atoms. The Labute approximate surface area is 241 Å². The summed E-state index contributed by atoms with van der Waals surface area (Å²) in [6.07, 6.45) is 2.29. The minimum atomic E-state index is -0.798. The fourth-order valence-corrected chi connectivity index (χ4v) is 5.26. The van der Waals surface area contributed by atoms with Gasteiger partial charge in [-0.1, -0.05) is 18.7 Å². The van der Waals surface area contributed by atoms with Crippen LogP contribution in [-0.4, -0.2) is 85.8 Å². The first-order chi connectivity index (χ1) is 19.7. The van der Waals surface area contributed by atoms with E-state index in [0.29, 0.717) is 61.2 Å². The number of Topliss-reactive ketones (excluding diaryl/α,β-unsaturated/α-hetero) is 1. The number of aliphatic hydroxyl groups excluding tert-OH is 1. The van der Waals surface area contributed by atoms with Gasteiger partial charge in [0.15, 0.2) is 11.5 Å². The standard InChI is InChI=1S/C32H40N2O7/c1-6-16-40-26-11-8-23(20-27(26)38-5)29-28(30(35)25-10-9-24(19-22(25)4)41-21(2)3)31(36)32(37)34(29)13-7-12-33-14-17-39-18-15-33/h6,8-11,19-21,29,35H,1,7,12-18H2,2-5H3. The zero-order chi connectivity index (χ0) is 29.5. The minimum absolute atomic E-state index is 0.00922. The molecule has 4 rings (SSSR count). The first-order valence-electron chi connectivity index (χ1n) is 14.0. The molecule has 0 saturated carbocycles. The number of morpholine rings is 1. The second-order valence-electron chi connectivity index (χ2n) is 10.5. The highest BCUT2D eigenvalue weighted by Gasteiger charge is 2.46. The van der Waals surface area contributed by atoms with Crippen LogP contribution in [0, 0.1) is 6.92 Å². The van der Waals surface area contributed by atoms with Crippen molar-refractivity contribution in [1.82, 2.24) is 9.80 Å². The molecular weight excluding hydrogens is 524 g/mol. The summed E-state index contributed by atoms with van der Waals surface area (Å²) >= 11 is 0. The summed E-state index contributed by atoms with van der Waals surface area (Å²) in [5.41, 5.74) is 1.88. The number of carbonyl (C=O) groups excluding carboxylic acids is 2. The number of carbonyl (C=O) groups is 2. The molecule has 1 unspecified atom stereocenters. The van der Waals surface area contributed by atoms with Crippen LogP contribution in [0.2, 0.25) is 0 Å². The molecule has 220 valence electrons. The van der Waals surface area contributed by atoms with E-state index in [1.165, 1.54) is 7.11 Å². The number of likely N-dealkylation sites (tertiary alicyclic amines) is 1. The Bertz CT molecular complexity index is 1300. The van der Waals surface area contributed by atoms with Gasteiger partial charge in [0.25, 0.3) is 11.7 Å². The lowest BCUT2D eigenvalue weighted by Gasteiger charge is -2.29. The molecule has 0 aliphatic carbocycles. The summed E-state index contributed by atoms with van der Waals surface area (Å²) in [6.45, 7) is 13.9. The average Bonchev–Trinajstić information content (AvgIpc) is 3.21. The van der Waals surface area contributed by atoms with Crippen LogP contribution in [0.5, 0.6) is 17.2 Å². The van der Waals surface area contributed by atoms with E-state index < -0.39 is 17.7 Å². The molecule has 2 heterocycles. The molecule has 2 aromatic carbocycles. The lowest BCUT2D eigenvalue weighted by molar-refractivity contribution is -0.140. The largest absolute Gasteiger partial charge is 0.507 e. The van der Waals surface area contributed by atoms with Gasteiger partial charge in [0.1, 0.15) is 18.1 Å². The SMILES string of the molecule is C=CCOc1ccc(C2C(=C(O)c3ccc(OC(C)C)cc3C)C(=O)C(=O)N2CCCN2CCOCC2)cc1OC. The van der Waals surface area contributed by atoms with Gasteiger partial charge in [0, 0.05) is 31.7 Å². The lowest BCUT2D eigenvalue weighted by Crippen LogP contribution is -2.39. The van der Waals surface area contributed by atoms with Crippen molar-refractivity contribution >= 4 is 17.4 Å². The number of aliphatic hydroxyl groups is 1. The number of ether oxygens (including phenoxy) is 4. The maximum absolute atomic E-state index is 13.5. The Kier molecular flexibility index (Phi) is 10.1. The fraction of sp³-hybridized carbons (Fsp3) is 0.438. The average molecular weight is 565 g/mol. The number of methoxy groups -OCH3 is 1. The maximum Gasteiger partial charge on any atom is 0.295 e. The van der Waals surface area contributed by atoms with Gasteiger partial charge < -0.3 is 29.0 Å². The molecule has 2 aliphatic heterocycles. The molecule has 1 atom stereocenters. The Hall–Kier alpha value is -3.82. The van der Waals surface area contributed by atoms with Gasteiger partial charge in [-0.25, -0.2) is 0 Å². The molecule has 1 N–H and O–H groups in total. The van der Waals surface area contributed by atoms with E-state index in [1.54, 1.807) is 41.3 Å². The van der Waals surface area contributed by atoms with Crippen LogP contribution in [0.1, 0.15) is 43.0 Å². The Balaban J connectivity index is 1.74.